The first-order valence-corrected chi connectivity index (χ1v) is 8.83. The normalized spacial score (nSPS) is 10.4. The molecule has 0 fully saturated rings. The Morgan fingerprint density at radius 2 is 1.79 bits per heavy atom. The number of ether oxygens (including phenoxy) is 1. The molecular formula is C19H19N5O3S. The molecule has 1 amide bonds. The van der Waals surface area contributed by atoms with Gasteiger partial charge in [0.25, 0.3) is 11.5 Å². The molecule has 8 nitrogen and oxygen atoms in total. The van der Waals surface area contributed by atoms with Crippen molar-refractivity contribution in [3.63, 3.8) is 0 Å². The zero-order valence-electron chi connectivity index (χ0n) is 15.4. The minimum atomic E-state index is -0.500. The van der Waals surface area contributed by atoms with Crippen molar-refractivity contribution in [3.8, 4) is 5.75 Å². The molecule has 1 aromatic heterocycles. The first-order chi connectivity index (χ1) is 13.5. The number of nitrogens with zero attached hydrogens (tertiary/aromatic N) is 2. The van der Waals surface area contributed by atoms with Gasteiger partial charge in [0.2, 0.25) is 0 Å². The van der Waals surface area contributed by atoms with Gasteiger partial charge >= 0.3 is 0 Å². The van der Waals surface area contributed by atoms with E-state index >= 15 is 0 Å². The van der Waals surface area contributed by atoms with E-state index in [9.17, 15) is 9.59 Å². The first-order valence-electron chi connectivity index (χ1n) is 8.42. The number of carbonyl (C=O) groups is 1. The number of methoxy groups -OCH3 is 1. The van der Waals surface area contributed by atoms with Crippen LogP contribution in [0.15, 0.2) is 53.3 Å². The van der Waals surface area contributed by atoms with Gasteiger partial charge in [-0.1, -0.05) is 30.3 Å². The second-order valence-corrected chi connectivity index (χ2v) is 6.34. The Bertz CT molecular complexity index is 1080. The predicted octanol–water partition coefficient (Wildman–Crippen LogP) is 1.25. The van der Waals surface area contributed by atoms with Crippen LogP contribution >= 0.6 is 12.2 Å². The van der Waals surface area contributed by atoms with Crippen LogP contribution in [0.25, 0.3) is 10.8 Å². The first kappa shape index (κ1) is 19.3. The summed E-state index contributed by atoms with van der Waals surface area (Å²) in [7, 11) is 3.11. The van der Waals surface area contributed by atoms with Crippen LogP contribution in [-0.4, -0.2) is 27.9 Å². The van der Waals surface area contributed by atoms with E-state index in [1.807, 2.05) is 24.3 Å². The highest BCUT2D eigenvalue weighted by molar-refractivity contribution is 7.80. The molecule has 144 valence electrons. The van der Waals surface area contributed by atoms with Gasteiger partial charge in [-0.25, -0.2) is 4.68 Å². The Morgan fingerprint density at radius 1 is 1.11 bits per heavy atom. The van der Waals surface area contributed by atoms with Crippen molar-refractivity contribution in [3.05, 3.63) is 70.1 Å². The Morgan fingerprint density at radius 3 is 2.46 bits per heavy atom. The Kier molecular flexibility index (Phi) is 5.85. The Balaban J connectivity index is 1.62. The standard InChI is InChI=1S/C19H19N5O3S/c1-24-18(26)15-6-4-3-5-14(15)16(23-24)17(25)21-22-19(28)20-11-12-7-9-13(27-2)10-8-12/h3-10H,11H2,1-2H3,(H,21,25)(H2,20,22,28). The molecule has 0 saturated heterocycles. The molecule has 0 bridgehead atoms. The SMILES string of the molecule is COc1ccc(CNC(=S)NNC(=O)c2nn(C)c(=O)c3ccccc23)cc1. The molecule has 0 aliphatic rings. The van der Waals surface area contributed by atoms with Crippen molar-refractivity contribution in [2.24, 2.45) is 7.05 Å². The average molecular weight is 397 g/mol. The summed E-state index contributed by atoms with van der Waals surface area (Å²) in [5, 5.41) is 8.20. The largest absolute Gasteiger partial charge is 0.497 e. The van der Waals surface area contributed by atoms with Crippen LogP contribution in [0.5, 0.6) is 5.75 Å². The van der Waals surface area contributed by atoms with Crippen LogP contribution in [0.1, 0.15) is 16.1 Å². The summed E-state index contributed by atoms with van der Waals surface area (Å²) in [5.74, 6) is 0.272. The van der Waals surface area contributed by atoms with Crippen LogP contribution in [-0.2, 0) is 13.6 Å². The number of hydrazine groups is 1. The molecule has 3 N–H and O–H groups in total. The molecule has 28 heavy (non-hydrogen) atoms. The fraction of sp³-hybridized carbons (Fsp3) is 0.158. The average Bonchev–Trinajstić information content (AvgIpc) is 2.73. The smallest absolute Gasteiger partial charge is 0.290 e. The van der Waals surface area contributed by atoms with Crippen LogP contribution in [0, 0.1) is 0 Å². The number of benzene rings is 2. The van der Waals surface area contributed by atoms with Gasteiger partial charge in [0.05, 0.1) is 12.5 Å². The molecule has 0 unspecified atom stereocenters. The second-order valence-electron chi connectivity index (χ2n) is 5.93. The van der Waals surface area contributed by atoms with Crippen molar-refractivity contribution in [2.45, 2.75) is 6.54 Å². The Labute approximate surface area is 166 Å². The maximum absolute atomic E-state index is 12.5. The van der Waals surface area contributed by atoms with E-state index in [1.54, 1.807) is 31.4 Å². The zero-order chi connectivity index (χ0) is 20.1. The summed E-state index contributed by atoms with van der Waals surface area (Å²) in [5.41, 5.74) is 6.01. The van der Waals surface area contributed by atoms with E-state index in [4.69, 9.17) is 17.0 Å². The lowest BCUT2D eigenvalue weighted by molar-refractivity contribution is 0.0938. The molecule has 0 aliphatic carbocycles. The molecule has 2 aromatic carbocycles. The maximum atomic E-state index is 12.5. The highest BCUT2D eigenvalue weighted by atomic mass is 32.1. The number of amides is 1. The van der Waals surface area contributed by atoms with Crippen molar-refractivity contribution < 1.29 is 9.53 Å². The summed E-state index contributed by atoms with van der Waals surface area (Å²) in [4.78, 5) is 24.7. The number of carbonyl (C=O) groups excluding carboxylic acids is 1. The molecule has 9 heteroatoms. The van der Waals surface area contributed by atoms with E-state index in [0.29, 0.717) is 17.3 Å². The zero-order valence-corrected chi connectivity index (χ0v) is 16.2. The van der Waals surface area contributed by atoms with Crippen molar-refractivity contribution in [1.82, 2.24) is 25.9 Å². The highest BCUT2D eigenvalue weighted by Crippen LogP contribution is 2.13. The van der Waals surface area contributed by atoms with Gasteiger partial charge in [0.1, 0.15) is 5.75 Å². The lowest BCUT2D eigenvalue weighted by Crippen LogP contribution is -2.47. The monoisotopic (exact) mass is 397 g/mol. The van der Waals surface area contributed by atoms with E-state index in [1.165, 1.54) is 7.05 Å². The van der Waals surface area contributed by atoms with Gasteiger partial charge in [-0.05, 0) is 36.0 Å². The van der Waals surface area contributed by atoms with Crippen LogP contribution in [0.4, 0.5) is 0 Å². The summed E-state index contributed by atoms with van der Waals surface area (Å²) in [6.07, 6.45) is 0. The number of aromatic nitrogens is 2. The van der Waals surface area contributed by atoms with Gasteiger partial charge in [0.15, 0.2) is 10.8 Å². The lowest BCUT2D eigenvalue weighted by atomic mass is 10.1. The van der Waals surface area contributed by atoms with E-state index in [-0.39, 0.29) is 16.4 Å². The summed E-state index contributed by atoms with van der Waals surface area (Å²) in [6, 6.07) is 14.3. The van der Waals surface area contributed by atoms with Gasteiger partial charge in [0, 0.05) is 19.0 Å². The third-order valence-electron chi connectivity index (χ3n) is 4.07. The van der Waals surface area contributed by atoms with E-state index in [0.717, 1.165) is 16.0 Å². The fourth-order valence-electron chi connectivity index (χ4n) is 2.61. The summed E-state index contributed by atoms with van der Waals surface area (Å²) >= 11 is 5.18. The van der Waals surface area contributed by atoms with Gasteiger partial charge < -0.3 is 10.1 Å². The molecule has 3 aromatic rings. The van der Waals surface area contributed by atoms with Gasteiger partial charge in [-0.15, -0.1) is 0 Å². The molecule has 0 spiro atoms. The van der Waals surface area contributed by atoms with Crippen molar-refractivity contribution >= 4 is 34.0 Å². The van der Waals surface area contributed by atoms with E-state index < -0.39 is 5.91 Å². The van der Waals surface area contributed by atoms with Crippen LogP contribution < -0.4 is 26.5 Å². The third kappa shape index (κ3) is 4.26. The minimum absolute atomic E-state index is 0.128. The quantitative estimate of drug-likeness (QED) is 0.450. The predicted molar refractivity (Wildman–Crippen MR) is 110 cm³/mol. The van der Waals surface area contributed by atoms with Gasteiger partial charge in [-0.3, -0.25) is 20.4 Å². The number of rotatable bonds is 4. The van der Waals surface area contributed by atoms with Crippen molar-refractivity contribution in [2.75, 3.05) is 7.11 Å². The van der Waals surface area contributed by atoms with E-state index in [2.05, 4.69) is 21.3 Å². The maximum Gasteiger partial charge on any atom is 0.290 e. The number of aryl methyl sites for hydroxylation is 1. The van der Waals surface area contributed by atoms with Crippen LogP contribution in [0.3, 0.4) is 0 Å². The van der Waals surface area contributed by atoms with Crippen molar-refractivity contribution in [1.29, 1.82) is 0 Å². The van der Waals surface area contributed by atoms with Gasteiger partial charge in [-0.2, -0.15) is 5.10 Å². The molecule has 0 aliphatic heterocycles. The molecule has 3 rings (SSSR count). The molecule has 0 saturated carbocycles. The summed E-state index contributed by atoms with van der Waals surface area (Å²) < 4.78 is 6.25. The number of hydrogen-bond donors (Lipinski definition) is 3. The third-order valence-corrected chi connectivity index (χ3v) is 4.32. The molecular weight excluding hydrogens is 378 g/mol. The van der Waals surface area contributed by atoms with Crippen LogP contribution in [0.2, 0.25) is 0 Å². The number of fused-ring (bicyclic) bond motifs is 1. The number of hydrogen-bond acceptors (Lipinski definition) is 5. The summed E-state index contributed by atoms with van der Waals surface area (Å²) in [6.45, 7) is 0.479. The Hall–Kier alpha value is -3.46. The minimum Gasteiger partial charge on any atom is -0.497 e. The highest BCUT2D eigenvalue weighted by Gasteiger charge is 2.15. The second kappa shape index (κ2) is 8.49. The molecule has 1 heterocycles. The molecule has 0 atom stereocenters. The lowest BCUT2D eigenvalue weighted by Gasteiger charge is -2.13. The molecule has 0 radical (unpaired) electrons. The number of nitrogens with one attached hydrogen (secondary N) is 3. The fourth-order valence-corrected chi connectivity index (χ4v) is 2.73. The number of thiocarbonyl (C=S) groups is 1. The topological polar surface area (TPSA) is 97.3 Å².